The van der Waals surface area contributed by atoms with Gasteiger partial charge < -0.3 is 0 Å². The molecule has 2 atom stereocenters. The summed E-state index contributed by atoms with van der Waals surface area (Å²) in [6.07, 6.45) is 0. The quantitative estimate of drug-likeness (QED) is 0.798. The molecule has 6 nitrogen and oxygen atoms in total. The normalized spacial score (nSPS) is 22.4. The topological polar surface area (TPSA) is 65.3 Å². The van der Waals surface area contributed by atoms with Crippen LogP contribution in [-0.4, -0.2) is 23.9 Å². The summed E-state index contributed by atoms with van der Waals surface area (Å²) in [5.41, 5.74) is 1.33. The van der Waals surface area contributed by atoms with E-state index in [4.69, 9.17) is 0 Å². The zero-order valence-corrected chi connectivity index (χ0v) is 12.8. The summed E-state index contributed by atoms with van der Waals surface area (Å²) >= 11 is 0. The largest absolute Gasteiger partial charge is 0.271 e. The van der Waals surface area contributed by atoms with E-state index in [1.165, 1.54) is 17.1 Å². The summed E-state index contributed by atoms with van der Waals surface area (Å²) in [4.78, 5) is 26.4. The van der Waals surface area contributed by atoms with E-state index in [9.17, 15) is 14.0 Å². The fourth-order valence-electron chi connectivity index (χ4n) is 2.93. The van der Waals surface area contributed by atoms with Crippen molar-refractivity contribution in [2.24, 2.45) is 10.3 Å². The standard InChI is InChI=1S/C17H13FN4O2/c1-10-7-8-12(9-13(10)18)21-16(23)14-15(17(21)24)22(20-19-14)11-5-3-2-4-6-11/h2-9,14-15H,1H3/t14-,15-/m0/s1. The predicted molar refractivity (Wildman–Crippen MR) is 85.0 cm³/mol. The number of benzene rings is 2. The maximum Gasteiger partial charge on any atom is 0.263 e. The molecular weight excluding hydrogens is 311 g/mol. The summed E-state index contributed by atoms with van der Waals surface area (Å²) in [5.74, 6) is -1.41. The van der Waals surface area contributed by atoms with Crippen LogP contribution in [0.1, 0.15) is 5.56 Å². The molecule has 1 saturated heterocycles. The van der Waals surface area contributed by atoms with Gasteiger partial charge in [0.15, 0.2) is 12.1 Å². The SMILES string of the molecule is Cc1ccc(N2C(=O)[C@H]3N=NN(c4ccccc4)[C@@H]3C2=O)cc1F. The van der Waals surface area contributed by atoms with Crippen molar-refractivity contribution in [1.82, 2.24) is 0 Å². The summed E-state index contributed by atoms with van der Waals surface area (Å²) < 4.78 is 13.8. The van der Waals surface area contributed by atoms with E-state index in [1.807, 2.05) is 18.2 Å². The Bertz CT molecular complexity index is 868. The average molecular weight is 324 g/mol. The third kappa shape index (κ3) is 2.01. The van der Waals surface area contributed by atoms with Gasteiger partial charge in [-0.3, -0.25) is 9.59 Å². The molecule has 2 aliphatic heterocycles. The second-order valence-electron chi connectivity index (χ2n) is 5.72. The summed E-state index contributed by atoms with van der Waals surface area (Å²) in [5, 5.41) is 9.35. The van der Waals surface area contributed by atoms with Gasteiger partial charge in [-0.05, 0) is 36.8 Å². The highest BCUT2D eigenvalue weighted by Crippen LogP contribution is 2.35. The summed E-state index contributed by atoms with van der Waals surface area (Å²) in [6, 6.07) is 11.6. The second kappa shape index (κ2) is 5.23. The molecule has 2 aromatic rings. The second-order valence-corrected chi connectivity index (χ2v) is 5.72. The van der Waals surface area contributed by atoms with Gasteiger partial charge in [0.1, 0.15) is 5.82 Å². The molecule has 0 spiro atoms. The minimum atomic E-state index is -0.901. The number of fused-ring (bicyclic) bond motifs is 1. The Labute approximate surface area is 137 Å². The molecule has 0 bridgehead atoms. The number of carbonyl (C=O) groups is 2. The van der Waals surface area contributed by atoms with Crippen molar-refractivity contribution in [3.8, 4) is 0 Å². The number of hydrogen-bond donors (Lipinski definition) is 0. The van der Waals surface area contributed by atoms with Gasteiger partial charge in [-0.15, -0.1) is 0 Å². The molecule has 2 heterocycles. The Hall–Kier alpha value is -3.09. The molecule has 2 aliphatic rings. The van der Waals surface area contributed by atoms with Crippen molar-refractivity contribution in [2.75, 3.05) is 9.91 Å². The highest BCUT2D eigenvalue weighted by Gasteiger charge is 2.55. The molecule has 0 saturated carbocycles. The number of aryl methyl sites for hydroxylation is 1. The van der Waals surface area contributed by atoms with E-state index < -0.39 is 29.7 Å². The van der Waals surface area contributed by atoms with Gasteiger partial charge in [-0.1, -0.05) is 29.5 Å². The Balaban J connectivity index is 1.72. The third-order valence-corrected chi connectivity index (χ3v) is 4.22. The first-order chi connectivity index (χ1) is 11.6. The molecule has 7 heteroatoms. The first kappa shape index (κ1) is 14.5. The van der Waals surface area contributed by atoms with E-state index in [0.717, 1.165) is 4.90 Å². The van der Waals surface area contributed by atoms with Crippen LogP contribution in [0.4, 0.5) is 15.8 Å². The molecule has 4 rings (SSSR count). The molecule has 2 amide bonds. The van der Waals surface area contributed by atoms with E-state index in [0.29, 0.717) is 11.3 Å². The Morgan fingerprint density at radius 2 is 1.75 bits per heavy atom. The fraction of sp³-hybridized carbons (Fsp3) is 0.176. The van der Waals surface area contributed by atoms with Crippen LogP contribution in [0, 0.1) is 12.7 Å². The first-order valence-electron chi connectivity index (χ1n) is 7.47. The molecule has 1 fully saturated rings. The van der Waals surface area contributed by atoms with Crippen LogP contribution in [-0.2, 0) is 9.59 Å². The average Bonchev–Trinajstić information content (AvgIpc) is 3.12. The third-order valence-electron chi connectivity index (χ3n) is 4.22. The molecule has 0 aromatic heterocycles. The van der Waals surface area contributed by atoms with Gasteiger partial charge >= 0.3 is 0 Å². The Kier molecular flexibility index (Phi) is 3.16. The van der Waals surface area contributed by atoms with Gasteiger partial charge in [0.2, 0.25) is 0 Å². The monoisotopic (exact) mass is 324 g/mol. The lowest BCUT2D eigenvalue weighted by Crippen LogP contribution is -2.39. The van der Waals surface area contributed by atoms with Crippen LogP contribution in [0.2, 0.25) is 0 Å². The van der Waals surface area contributed by atoms with Crippen molar-refractivity contribution in [1.29, 1.82) is 0 Å². The number of halogens is 1. The molecule has 0 N–H and O–H groups in total. The van der Waals surface area contributed by atoms with Gasteiger partial charge in [-0.2, -0.15) is 5.11 Å². The minimum Gasteiger partial charge on any atom is -0.271 e. The van der Waals surface area contributed by atoms with Crippen molar-refractivity contribution in [3.05, 3.63) is 59.9 Å². The molecular formula is C17H13FN4O2. The highest BCUT2D eigenvalue weighted by atomic mass is 19.1. The van der Waals surface area contributed by atoms with E-state index >= 15 is 0 Å². The van der Waals surface area contributed by atoms with Crippen LogP contribution in [0.3, 0.4) is 0 Å². The Morgan fingerprint density at radius 1 is 1.00 bits per heavy atom. The van der Waals surface area contributed by atoms with Crippen LogP contribution in [0.25, 0.3) is 0 Å². The number of rotatable bonds is 2. The maximum atomic E-state index is 13.8. The summed E-state index contributed by atoms with van der Waals surface area (Å²) in [6.45, 7) is 1.62. The Morgan fingerprint density at radius 3 is 2.46 bits per heavy atom. The zero-order valence-electron chi connectivity index (χ0n) is 12.8. The van der Waals surface area contributed by atoms with Crippen molar-refractivity contribution < 1.29 is 14.0 Å². The van der Waals surface area contributed by atoms with E-state index in [1.54, 1.807) is 25.1 Å². The number of carbonyl (C=O) groups excluding carboxylic acids is 2. The lowest BCUT2D eigenvalue weighted by molar-refractivity contribution is -0.121. The molecule has 2 aromatic carbocycles. The number of hydrogen-bond acceptors (Lipinski definition) is 5. The highest BCUT2D eigenvalue weighted by molar-refractivity contribution is 6.26. The maximum absolute atomic E-state index is 13.8. The zero-order chi connectivity index (χ0) is 16.8. The van der Waals surface area contributed by atoms with Crippen molar-refractivity contribution in [2.45, 2.75) is 19.0 Å². The number of nitrogens with zero attached hydrogens (tertiary/aromatic N) is 4. The smallest absolute Gasteiger partial charge is 0.263 e. The van der Waals surface area contributed by atoms with E-state index in [2.05, 4.69) is 10.3 Å². The van der Waals surface area contributed by atoms with E-state index in [-0.39, 0.29) is 5.69 Å². The number of imide groups is 1. The molecule has 120 valence electrons. The van der Waals surface area contributed by atoms with Gasteiger partial charge in [0, 0.05) is 0 Å². The lowest BCUT2D eigenvalue weighted by atomic mass is 10.1. The van der Waals surface area contributed by atoms with Crippen molar-refractivity contribution in [3.63, 3.8) is 0 Å². The molecule has 24 heavy (non-hydrogen) atoms. The summed E-state index contributed by atoms with van der Waals surface area (Å²) in [7, 11) is 0. The van der Waals surface area contributed by atoms with Crippen LogP contribution in [0.5, 0.6) is 0 Å². The number of para-hydroxylation sites is 1. The van der Waals surface area contributed by atoms with Crippen molar-refractivity contribution >= 4 is 23.2 Å². The lowest BCUT2D eigenvalue weighted by Gasteiger charge is -2.20. The van der Waals surface area contributed by atoms with Gasteiger partial charge in [0.05, 0.1) is 11.4 Å². The first-order valence-corrected chi connectivity index (χ1v) is 7.47. The van der Waals surface area contributed by atoms with Crippen LogP contribution in [0.15, 0.2) is 58.9 Å². The van der Waals surface area contributed by atoms with Crippen LogP contribution < -0.4 is 9.91 Å². The number of amides is 2. The van der Waals surface area contributed by atoms with Crippen LogP contribution >= 0.6 is 0 Å². The molecule has 0 aliphatic carbocycles. The number of anilines is 2. The fourth-order valence-corrected chi connectivity index (χ4v) is 2.93. The van der Waals surface area contributed by atoms with Gasteiger partial charge in [-0.25, -0.2) is 14.3 Å². The van der Waals surface area contributed by atoms with Gasteiger partial charge in [0.25, 0.3) is 11.8 Å². The minimum absolute atomic E-state index is 0.214. The molecule has 0 unspecified atom stereocenters. The predicted octanol–water partition coefficient (Wildman–Crippen LogP) is 2.63. The molecule has 0 radical (unpaired) electrons.